The van der Waals surface area contributed by atoms with Crippen LogP contribution in [0, 0.1) is 0 Å². The Hall–Kier alpha value is -1.36. The molecular formula is C11H17ClN4O. The molecule has 0 saturated carbocycles. The molecule has 0 saturated heterocycles. The molecule has 0 aliphatic carbocycles. The zero-order valence-corrected chi connectivity index (χ0v) is 11.3. The zero-order chi connectivity index (χ0) is 13.0. The molecule has 1 amide bonds. The van der Waals surface area contributed by atoms with Gasteiger partial charge in [0, 0.05) is 26.7 Å². The molecule has 5 nitrogen and oxygen atoms in total. The summed E-state index contributed by atoms with van der Waals surface area (Å²) in [4.78, 5) is 23.1. The fraction of sp³-hybridized carbons (Fsp3) is 0.545. The maximum Gasteiger partial charge on any atom is 0.241 e. The standard InChI is InChI=1S/C11H17ClN4O/c1-5-8-10(12)13-7-14-11(8)16(4)6-9(17)15(2)3/h7H,5-6H2,1-4H3. The lowest BCUT2D eigenvalue weighted by Crippen LogP contribution is -2.35. The molecule has 0 atom stereocenters. The van der Waals surface area contributed by atoms with E-state index in [-0.39, 0.29) is 12.5 Å². The molecule has 0 aliphatic heterocycles. The monoisotopic (exact) mass is 256 g/mol. The van der Waals surface area contributed by atoms with Crippen molar-refractivity contribution in [2.75, 3.05) is 32.6 Å². The first-order valence-electron chi connectivity index (χ1n) is 5.38. The number of halogens is 1. The second-order valence-corrected chi connectivity index (χ2v) is 4.32. The number of hydrogen-bond donors (Lipinski definition) is 0. The van der Waals surface area contributed by atoms with Gasteiger partial charge in [-0.1, -0.05) is 18.5 Å². The van der Waals surface area contributed by atoms with Gasteiger partial charge in [-0.25, -0.2) is 9.97 Å². The zero-order valence-electron chi connectivity index (χ0n) is 10.6. The Morgan fingerprint density at radius 2 is 2.00 bits per heavy atom. The molecule has 6 heteroatoms. The van der Waals surface area contributed by atoms with E-state index in [4.69, 9.17) is 11.6 Å². The van der Waals surface area contributed by atoms with Gasteiger partial charge >= 0.3 is 0 Å². The fourth-order valence-electron chi connectivity index (χ4n) is 1.43. The van der Waals surface area contributed by atoms with Crippen molar-refractivity contribution >= 4 is 23.3 Å². The van der Waals surface area contributed by atoms with Gasteiger partial charge in [0.1, 0.15) is 17.3 Å². The van der Waals surface area contributed by atoms with Crippen LogP contribution in [0.25, 0.3) is 0 Å². The smallest absolute Gasteiger partial charge is 0.241 e. The minimum atomic E-state index is 0.0179. The molecule has 0 aromatic carbocycles. The van der Waals surface area contributed by atoms with Gasteiger partial charge in [0.25, 0.3) is 0 Å². The summed E-state index contributed by atoms with van der Waals surface area (Å²) in [6, 6.07) is 0. The van der Waals surface area contributed by atoms with Gasteiger partial charge in [-0.2, -0.15) is 0 Å². The minimum Gasteiger partial charge on any atom is -0.350 e. The van der Waals surface area contributed by atoms with Crippen molar-refractivity contribution in [1.82, 2.24) is 14.9 Å². The Morgan fingerprint density at radius 1 is 1.35 bits per heavy atom. The summed E-state index contributed by atoms with van der Waals surface area (Å²) in [5, 5.41) is 0.446. The van der Waals surface area contributed by atoms with Crippen LogP contribution in [-0.4, -0.2) is 48.5 Å². The van der Waals surface area contributed by atoms with E-state index in [0.29, 0.717) is 11.0 Å². The van der Waals surface area contributed by atoms with Crippen LogP contribution < -0.4 is 4.90 Å². The first kappa shape index (κ1) is 13.7. The molecule has 0 unspecified atom stereocenters. The SMILES string of the molecule is CCc1c(Cl)ncnc1N(C)CC(=O)N(C)C. The molecule has 0 fully saturated rings. The maximum absolute atomic E-state index is 11.6. The molecule has 0 spiro atoms. The van der Waals surface area contributed by atoms with Gasteiger partial charge in [0.15, 0.2) is 0 Å². The normalized spacial score (nSPS) is 10.2. The van der Waals surface area contributed by atoms with E-state index < -0.39 is 0 Å². The van der Waals surface area contributed by atoms with E-state index in [0.717, 1.165) is 12.0 Å². The van der Waals surface area contributed by atoms with E-state index in [1.807, 2.05) is 14.0 Å². The Labute approximate surface area is 106 Å². The number of hydrogen-bond acceptors (Lipinski definition) is 4. The molecule has 0 aliphatic rings. The molecule has 0 radical (unpaired) electrons. The molecular weight excluding hydrogens is 240 g/mol. The lowest BCUT2D eigenvalue weighted by Gasteiger charge is -2.22. The largest absolute Gasteiger partial charge is 0.350 e. The highest BCUT2D eigenvalue weighted by atomic mass is 35.5. The van der Waals surface area contributed by atoms with Crippen molar-refractivity contribution < 1.29 is 4.79 Å². The van der Waals surface area contributed by atoms with Crippen molar-refractivity contribution in [3.8, 4) is 0 Å². The summed E-state index contributed by atoms with van der Waals surface area (Å²) in [6.07, 6.45) is 2.14. The Morgan fingerprint density at radius 3 is 2.53 bits per heavy atom. The van der Waals surface area contributed by atoms with E-state index in [2.05, 4.69) is 9.97 Å². The van der Waals surface area contributed by atoms with E-state index in [1.54, 1.807) is 23.9 Å². The number of carbonyl (C=O) groups excluding carboxylic acids is 1. The van der Waals surface area contributed by atoms with Crippen LogP contribution in [0.1, 0.15) is 12.5 Å². The number of anilines is 1. The van der Waals surface area contributed by atoms with Crippen LogP contribution in [0.4, 0.5) is 5.82 Å². The number of aromatic nitrogens is 2. The molecule has 1 aromatic rings. The van der Waals surface area contributed by atoms with Gasteiger partial charge in [0.05, 0.1) is 6.54 Å². The van der Waals surface area contributed by atoms with Crippen molar-refractivity contribution in [3.05, 3.63) is 17.0 Å². The summed E-state index contributed by atoms with van der Waals surface area (Å²) >= 11 is 6.00. The summed E-state index contributed by atoms with van der Waals surface area (Å²) in [5.74, 6) is 0.729. The van der Waals surface area contributed by atoms with Crippen LogP contribution in [0.5, 0.6) is 0 Å². The average molecular weight is 257 g/mol. The van der Waals surface area contributed by atoms with E-state index in [9.17, 15) is 4.79 Å². The van der Waals surface area contributed by atoms with Crippen LogP contribution >= 0.6 is 11.6 Å². The summed E-state index contributed by atoms with van der Waals surface area (Å²) in [6.45, 7) is 2.25. The maximum atomic E-state index is 11.6. The Bertz CT molecular complexity index is 408. The number of carbonyl (C=O) groups is 1. The molecule has 0 bridgehead atoms. The highest BCUT2D eigenvalue weighted by Crippen LogP contribution is 2.22. The van der Waals surface area contributed by atoms with E-state index in [1.165, 1.54) is 6.33 Å². The van der Waals surface area contributed by atoms with Crippen molar-refractivity contribution in [3.63, 3.8) is 0 Å². The van der Waals surface area contributed by atoms with Gasteiger partial charge in [-0.15, -0.1) is 0 Å². The molecule has 17 heavy (non-hydrogen) atoms. The van der Waals surface area contributed by atoms with Crippen molar-refractivity contribution in [2.24, 2.45) is 0 Å². The van der Waals surface area contributed by atoms with Gasteiger partial charge in [-0.3, -0.25) is 4.79 Å². The lowest BCUT2D eigenvalue weighted by molar-refractivity contribution is -0.127. The van der Waals surface area contributed by atoms with Crippen molar-refractivity contribution in [1.29, 1.82) is 0 Å². The van der Waals surface area contributed by atoms with Crippen LogP contribution in [-0.2, 0) is 11.2 Å². The number of amides is 1. The molecule has 0 N–H and O–H groups in total. The Kier molecular flexibility index (Phi) is 4.69. The first-order chi connectivity index (χ1) is 7.97. The van der Waals surface area contributed by atoms with Crippen LogP contribution in [0.2, 0.25) is 5.15 Å². The second kappa shape index (κ2) is 5.82. The van der Waals surface area contributed by atoms with E-state index >= 15 is 0 Å². The van der Waals surface area contributed by atoms with Crippen LogP contribution in [0.3, 0.4) is 0 Å². The molecule has 1 aromatic heterocycles. The van der Waals surface area contributed by atoms with Gasteiger partial charge in [-0.05, 0) is 6.42 Å². The summed E-state index contributed by atoms with van der Waals surface area (Å²) in [7, 11) is 5.27. The summed E-state index contributed by atoms with van der Waals surface area (Å²) in [5.41, 5.74) is 0.864. The highest BCUT2D eigenvalue weighted by molar-refractivity contribution is 6.30. The van der Waals surface area contributed by atoms with Crippen molar-refractivity contribution in [2.45, 2.75) is 13.3 Å². The van der Waals surface area contributed by atoms with Gasteiger partial charge < -0.3 is 9.80 Å². The topological polar surface area (TPSA) is 49.3 Å². The molecule has 94 valence electrons. The summed E-state index contributed by atoms with van der Waals surface area (Å²) < 4.78 is 0. The Balaban J connectivity index is 2.92. The average Bonchev–Trinajstić information content (AvgIpc) is 2.28. The second-order valence-electron chi connectivity index (χ2n) is 3.96. The molecule has 1 rings (SSSR count). The minimum absolute atomic E-state index is 0.0179. The fourth-order valence-corrected chi connectivity index (χ4v) is 1.70. The molecule has 1 heterocycles. The van der Waals surface area contributed by atoms with Gasteiger partial charge in [0.2, 0.25) is 5.91 Å². The quantitative estimate of drug-likeness (QED) is 0.760. The third-order valence-electron chi connectivity index (χ3n) is 2.46. The number of rotatable bonds is 4. The number of likely N-dealkylation sites (N-methyl/N-ethyl adjacent to an activating group) is 2. The highest BCUT2D eigenvalue weighted by Gasteiger charge is 2.15. The third-order valence-corrected chi connectivity index (χ3v) is 2.78. The number of nitrogens with zero attached hydrogens (tertiary/aromatic N) is 4. The predicted octanol–water partition coefficient (Wildman–Crippen LogP) is 1.22. The predicted molar refractivity (Wildman–Crippen MR) is 68.4 cm³/mol. The lowest BCUT2D eigenvalue weighted by atomic mass is 10.2. The third kappa shape index (κ3) is 3.30. The van der Waals surface area contributed by atoms with Crippen LogP contribution in [0.15, 0.2) is 6.33 Å². The first-order valence-corrected chi connectivity index (χ1v) is 5.75.